The van der Waals surface area contributed by atoms with E-state index < -0.39 is 0 Å². The third-order valence-corrected chi connectivity index (χ3v) is 8.07. The Morgan fingerprint density at radius 3 is 2.26 bits per heavy atom. The van der Waals surface area contributed by atoms with Crippen LogP contribution in [0.4, 0.5) is 17.6 Å². The third kappa shape index (κ3) is 8.74. The number of likely N-dealkylation sites (tertiary alicyclic amines) is 1. The van der Waals surface area contributed by atoms with E-state index in [1.54, 1.807) is 0 Å². The van der Waals surface area contributed by atoms with E-state index >= 15 is 0 Å². The minimum absolute atomic E-state index is 0.214. The number of aromatic nitrogens is 2. The lowest BCUT2D eigenvalue weighted by atomic mass is 9.82. The third-order valence-electron chi connectivity index (χ3n) is 8.07. The number of anilines is 3. The molecule has 4 rings (SSSR count). The Hall–Kier alpha value is -1.68. The van der Waals surface area contributed by atoms with E-state index in [-0.39, 0.29) is 6.61 Å². The molecule has 0 atom stereocenters. The molecule has 0 amide bonds. The van der Waals surface area contributed by atoms with Gasteiger partial charge in [-0.3, -0.25) is 4.90 Å². The molecule has 3 fully saturated rings. The zero-order valence-corrected chi connectivity index (χ0v) is 21.6. The molecular weight excluding hydrogens is 440 g/mol. The van der Waals surface area contributed by atoms with Crippen molar-refractivity contribution in [1.82, 2.24) is 25.1 Å². The Labute approximate surface area is 211 Å². The second-order valence-corrected chi connectivity index (χ2v) is 10.8. The highest BCUT2D eigenvalue weighted by Gasteiger charge is 2.22. The molecule has 3 aliphatic rings. The van der Waals surface area contributed by atoms with Gasteiger partial charge in [0.25, 0.3) is 0 Å². The lowest BCUT2D eigenvalue weighted by Crippen LogP contribution is -2.47. The normalized spacial score (nSPS) is 24.5. The maximum Gasteiger partial charge on any atom is 0.226 e. The summed E-state index contributed by atoms with van der Waals surface area (Å²) in [5.74, 6) is 3.57. The van der Waals surface area contributed by atoms with Crippen molar-refractivity contribution in [3.8, 4) is 0 Å². The van der Waals surface area contributed by atoms with E-state index in [1.807, 2.05) is 6.07 Å². The summed E-state index contributed by atoms with van der Waals surface area (Å²) in [6, 6.07) is 1.87. The fraction of sp³-hybridized carbons (Fsp3) is 0.846. The first-order valence-electron chi connectivity index (χ1n) is 14.1. The Morgan fingerprint density at radius 2 is 1.54 bits per heavy atom. The monoisotopic (exact) mass is 488 g/mol. The van der Waals surface area contributed by atoms with Crippen LogP contribution >= 0.6 is 0 Å². The van der Waals surface area contributed by atoms with Crippen molar-refractivity contribution in [3.05, 3.63) is 6.07 Å². The van der Waals surface area contributed by atoms with Gasteiger partial charge in [0.15, 0.2) is 0 Å². The zero-order chi connectivity index (χ0) is 24.3. The number of aliphatic hydroxyl groups is 1. The van der Waals surface area contributed by atoms with Gasteiger partial charge in [-0.15, -0.1) is 0 Å². The van der Waals surface area contributed by atoms with Gasteiger partial charge in [-0.2, -0.15) is 9.97 Å². The number of β-amino-alcohol motifs (C(OH)–C–C–N with tert-alkyl or cyclic N) is 1. The number of aliphatic hydroxyl groups excluding tert-OH is 1. The van der Waals surface area contributed by atoms with Gasteiger partial charge in [0.1, 0.15) is 11.6 Å². The molecule has 1 aromatic heterocycles. The number of nitrogens with zero attached hydrogens (tertiary/aromatic N) is 5. The summed E-state index contributed by atoms with van der Waals surface area (Å²) in [5, 5.41) is 16.4. The highest BCUT2D eigenvalue weighted by molar-refractivity contribution is 5.51. The number of nitrogens with one attached hydrogen (secondary N) is 2. The molecule has 0 aromatic carbocycles. The molecule has 0 bridgehead atoms. The van der Waals surface area contributed by atoms with E-state index in [2.05, 4.69) is 30.3 Å². The van der Waals surface area contributed by atoms with Crippen LogP contribution in [0.25, 0.3) is 0 Å². The molecule has 0 spiro atoms. The van der Waals surface area contributed by atoms with Gasteiger partial charge >= 0.3 is 0 Å². The molecule has 1 saturated carbocycles. The number of hydrogen-bond acceptors (Lipinski definition) is 9. The summed E-state index contributed by atoms with van der Waals surface area (Å²) < 4.78 is 0. The fourth-order valence-electron chi connectivity index (χ4n) is 5.83. The number of hydrogen-bond donors (Lipinski definition) is 4. The van der Waals surface area contributed by atoms with Crippen molar-refractivity contribution in [2.24, 2.45) is 11.8 Å². The largest absolute Gasteiger partial charge is 0.395 e. The van der Waals surface area contributed by atoms with Crippen LogP contribution in [0.2, 0.25) is 0 Å². The minimum Gasteiger partial charge on any atom is -0.395 e. The number of nitrogens with two attached hydrogens (primary N) is 1. The summed E-state index contributed by atoms with van der Waals surface area (Å²) in [6.45, 7) is 11.7. The van der Waals surface area contributed by atoms with Gasteiger partial charge in [0, 0.05) is 45.3 Å². The van der Waals surface area contributed by atoms with Crippen molar-refractivity contribution in [1.29, 1.82) is 0 Å². The number of nitrogen functional groups attached to an aromatic ring is 1. The molecule has 35 heavy (non-hydrogen) atoms. The number of rotatable bonds is 12. The van der Waals surface area contributed by atoms with Crippen molar-refractivity contribution in [3.63, 3.8) is 0 Å². The highest BCUT2D eigenvalue weighted by Crippen LogP contribution is 2.28. The molecule has 1 aromatic rings. The topological polar surface area (TPSA) is 106 Å². The van der Waals surface area contributed by atoms with E-state index in [9.17, 15) is 0 Å². The SMILES string of the molecule is Nc1cc(N2CCN(CCO)CC2)nc(NC[C@H]2CC[C@H](CNCCCN3CCCCC3)CC2)n1. The Kier molecular flexibility index (Phi) is 10.7. The molecule has 9 heteroatoms. The van der Waals surface area contributed by atoms with Crippen molar-refractivity contribution in [2.45, 2.75) is 51.4 Å². The summed E-state index contributed by atoms with van der Waals surface area (Å²) in [4.78, 5) is 16.4. The number of piperidine rings is 1. The molecule has 2 saturated heterocycles. The van der Waals surface area contributed by atoms with E-state index in [0.717, 1.165) is 57.5 Å². The summed E-state index contributed by atoms with van der Waals surface area (Å²) in [5.41, 5.74) is 6.11. The van der Waals surface area contributed by atoms with Gasteiger partial charge in [-0.1, -0.05) is 6.42 Å². The minimum atomic E-state index is 0.214. The quantitative estimate of drug-likeness (QED) is 0.328. The molecule has 3 heterocycles. The standard InChI is InChI=1S/C26H48N8O/c27-24-19-25(34-15-13-33(14-16-34)17-18-35)31-26(30-24)29-21-23-7-5-22(6-8-23)20-28-9-4-12-32-10-2-1-3-11-32/h19,22-23,28,35H,1-18,20-21H2,(H3,27,29,30,31)/t22-,23-. The van der Waals surface area contributed by atoms with Crippen molar-refractivity contribution in [2.75, 3.05) is 94.5 Å². The Balaban J connectivity index is 1.11. The second kappa shape index (κ2) is 14.2. The molecule has 0 unspecified atom stereocenters. The Bertz CT molecular complexity index is 728. The average molecular weight is 489 g/mol. The van der Waals surface area contributed by atoms with Gasteiger partial charge in [-0.25, -0.2) is 0 Å². The summed E-state index contributed by atoms with van der Waals surface area (Å²) in [6.07, 6.45) is 10.6. The van der Waals surface area contributed by atoms with Crippen LogP contribution in [0.1, 0.15) is 51.4 Å². The van der Waals surface area contributed by atoms with E-state index in [1.165, 1.54) is 77.5 Å². The second-order valence-electron chi connectivity index (χ2n) is 10.8. The molecular formula is C26H48N8O. The highest BCUT2D eigenvalue weighted by atomic mass is 16.3. The molecule has 0 radical (unpaired) electrons. The molecule has 198 valence electrons. The van der Waals surface area contributed by atoms with Crippen LogP contribution in [0.15, 0.2) is 6.07 Å². The van der Waals surface area contributed by atoms with Crippen LogP contribution < -0.4 is 21.3 Å². The molecule has 1 aliphatic carbocycles. The number of piperazine rings is 1. The Morgan fingerprint density at radius 1 is 0.857 bits per heavy atom. The van der Waals surface area contributed by atoms with Gasteiger partial charge in [0.05, 0.1) is 6.61 Å². The van der Waals surface area contributed by atoms with Crippen LogP contribution in [-0.4, -0.2) is 103 Å². The van der Waals surface area contributed by atoms with Crippen molar-refractivity contribution < 1.29 is 5.11 Å². The van der Waals surface area contributed by atoms with E-state index in [4.69, 9.17) is 15.8 Å². The van der Waals surface area contributed by atoms with Crippen LogP contribution in [-0.2, 0) is 0 Å². The van der Waals surface area contributed by atoms with E-state index in [0.29, 0.717) is 17.7 Å². The summed E-state index contributed by atoms with van der Waals surface area (Å²) in [7, 11) is 0. The van der Waals surface area contributed by atoms with Gasteiger partial charge in [0.2, 0.25) is 5.95 Å². The molecule has 9 nitrogen and oxygen atoms in total. The summed E-state index contributed by atoms with van der Waals surface area (Å²) >= 11 is 0. The smallest absolute Gasteiger partial charge is 0.226 e. The molecule has 2 aliphatic heterocycles. The average Bonchev–Trinajstić information content (AvgIpc) is 2.89. The van der Waals surface area contributed by atoms with Crippen LogP contribution in [0.5, 0.6) is 0 Å². The predicted molar refractivity (Wildman–Crippen MR) is 144 cm³/mol. The first kappa shape index (κ1) is 26.4. The van der Waals surface area contributed by atoms with Crippen LogP contribution in [0, 0.1) is 11.8 Å². The maximum atomic E-state index is 9.15. The van der Waals surface area contributed by atoms with Crippen LogP contribution in [0.3, 0.4) is 0 Å². The zero-order valence-electron chi connectivity index (χ0n) is 21.6. The molecule has 5 N–H and O–H groups in total. The van der Waals surface area contributed by atoms with Gasteiger partial charge in [-0.05, 0) is 89.5 Å². The fourth-order valence-corrected chi connectivity index (χ4v) is 5.83. The lowest BCUT2D eigenvalue weighted by Gasteiger charge is -2.35. The first-order valence-corrected chi connectivity index (χ1v) is 14.1. The first-order chi connectivity index (χ1) is 17.2. The van der Waals surface area contributed by atoms with Gasteiger partial charge < -0.3 is 31.3 Å². The maximum absolute atomic E-state index is 9.15. The van der Waals surface area contributed by atoms with Crippen molar-refractivity contribution >= 4 is 17.6 Å². The predicted octanol–water partition coefficient (Wildman–Crippen LogP) is 1.86. The lowest BCUT2D eigenvalue weighted by molar-refractivity contribution is 0.188.